The molecule has 2 aromatic rings. The minimum atomic E-state index is -0.234. The van der Waals surface area contributed by atoms with Crippen LogP contribution in [0.3, 0.4) is 0 Å². The molecule has 4 nitrogen and oxygen atoms in total. The molecule has 0 saturated carbocycles. The predicted molar refractivity (Wildman–Crippen MR) is 103 cm³/mol. The summed E-state index contributed by atoms with van der Waals surface area (Å²) in [7, 11) is 0. The topological polar surface area (TPSA) is 37.4 Å². The normalized spacial score (nSPS) is 26.3. The molecule has 1 N–H and O–H groups in total. The van der Waals surface area contributed by atoms with Crippen molar-refractivity contribution in [1.82, 2.24) is 15.2 Å². The van der Waals surface area contributed by atoms with Crippen molar-refractivity contribution in [2.45, 2.75) is 18.4 Å². The Bertz CT molecular complexity index is 740. The molecule has 0 amide bonds. The number of rotatable bonds is 4. The quantitative estimate of drug-likeness (QED) is 0.821. The van der Waals surface area contributed by atoms with E-state index in [4.69, 9.17) is 9.72 Å². The van der Waals surface area contributed by atoms with Crippen LogP contribution in [0.1, 0.15) is 18.5 Å². The van der Waals surface area contributed by atoms with Crippen molar-refractivity contribution < 1.29 is 9.13 Å². The first kappa shape index (κ1) is 17.9. The van der Waals surface area contributed by atoms with Crippen LogP contribution in [0.2, 0.25) is 0 Å². The zero-order valence-corrected chi connectivity index (χ0v) is 16.2. The number of hydrogen-bond acceptors (Lipinski definition) is 4. The zero-order valence-electron chi connectivity index (χ0n) is 14.6. The van der Waals surface area contributed by atoms with Crippen molar-refractivity contribution in [3.63, 3.8) is 0 Å². The Kier molecular flexibility index (Phi) is 5.25. The smallest absolute Gasteiger partial charge is 0.123 e. The fourth-order valence-corrected chi connectivity index (χ4v) is 4.34. The monoisotopic (exact) mass is 419 g/mol. The largest absolute Gasteiger partial charge is 0.493 e. The fraction of sp³-hybridized carbons (Fsp3) is 0.450. The lowest BCUT2D eigenvalue weighted by molar-refractivity contribution is -0.0165. The van der Waals surface area contributed by atoms with Crippen molar-refractivity contribution in [3.8, 4) is 5.75 Å². The molecule has 2 fully saturated rings. The maximum absolute atomic E-state index is 13.0. The molecule has 0 radical (unpaired) electrons. The first-order valence-corrected chi connectivity index (χ1v) is 9.91. The van der Waals surface area contributed by atoms with Crippen LogP contribution in [-0.2, 0) is 5.54 Å². The van der Waals surface area contributed by atoms with E-state index >= 15 is 0 Å². The molecule has 6 heteroatoms. The molecule has 26 heavy (non-hydrogen) atoms. The number of halogens is 2. The summed E-state index contributed by atoms with van der Waals surface area (Å²) >= 11 is 3.48. The number of pyridine rings is 1. The standard InChI is InChI=1S/C20H23BrFN3O/c21-16-1-6-19(24-11-16)20-8-7-15(12-25(20)10-9-23-14-20)13-26-18-4-2-17(22)3-5-18/h1-6,11,15,23H,7-10,12-14H2. The van der Waals surface area contributed by atoms with Crippen LogP contribution in [0.25, 0.3) is 0 Å². The highest BCUT2D eigenvalue weighted by molar-refractivity contribution is 9.10. The molecule has 2 unspecified atom stereocenters. The molecule has 4 rings (SSSR count). The molecule has 2 atom stereocenters. The highest BCUT2D eigenvalue weighted by Crippen LogP contribution is 2.39. The van der Waals surface area contributed by atoms with Gasteiger partial charge in [0.15, 0.2) is 0 Å². The number of benzene rings is 1. The maximum atomic E-state index is 13.0. The number of nitrogens with one attached hydrogen (secondary N) is 1. The highest BCUT2D eigenvalue weighted by atomic mass is 79.9. The summed E-state index contributed by atoms with van der Waals surface area (Å²) < 4.78 is 19.9. The lowest BCUT2D eigenvalue weighted by atomic mass is 9.78. The van der Waals surface area contributed by atoms with Crippen LogP contribution in [0, 0.1) is 11.7 Å². The molecule has 0 spiro atoms. The van der Waals surface area contributed by atoms with Crippen molar-refractivity contribution in [3.05, 3.63) is 58.6 Å². The van der Waals surface area contributed by atoms with E-state index in [9.17, 15) is 4.39 Å². The van der Waals surface area contributed by atoms with Gasteiger partial charge in [-0.3, -0.25) is 9.88 Å². The average Bonchev–Trinajstić information content (AvgIpc) is 2.68. The van der Waals surface area contributed by atoms with E-state index in [1.807, 2.05) is 6.20 Å². The van der Waals surface area contributed by atoms with E-state index in [-0.39, 0.29) is 11.4 Å². The third kappa shape index (κ3) is 3.63. The van der Waals surface area contributed by atoms with Crippen LogP contribution >= 0.6 is 15.9 Å². The van der Waals surface area contributed by atoms with E-state index < -0.39 is 0 Å². The van der Waals surface area contributed by atoms with Crippen molar-refractivity contribution >= 4 is 15.9 Å². The molecule has 138 valence electrons. The average molecular weight is 420 g/mol. The second-order valence-corrected chi connectivity index (χ2v) is 8.10. The highest BCUT2D eigenvalue weighted by Gasteiger charge is 2.45. The van der Waals surface area contributed by atoms with Gasteiger partial charge >= 0.3 is 0 Å². The van der Waals surface area contributed by atoms with Crippen LogP contribution in [0.5, 0.6) is 5.75 Å². The summed E-state index contributed by atoms with van der Waals surface area (Å²) in [4.78, 5) is 7.28. The van der Waals surface area contributed by atoms with Gasteiger partial charge in [-0.25, -0.2) is 4.39 Å². The van der Waals surface area contributed by atoms with Gasteiger partial charge in [-0.05, 0) is 65.2 Å². The van der Waals surface area contributed by atoms with Crippen LogP contribution in [0.15, 0.2) is 47.1 Å². The van der Waals surface area contributed by atoms with Gasteiger partial charge in [0.05, 0.1) is 17.8 Å². The third-order valence-corrected chi connectivity index (χ3v) is 6.00. The van der Waals surface area contributed by atoms with E-state index in [2.05, 4.69) is 38.3 Å². The minimum Gasteiger partial charge on any atom is -0.493 e. The second kappa shape index (κ2) is 7.62. The maximum Gasteiger partial charge on any atom is 0.123 e. The number of piperazine rings is 1. The summed E-state index contributed by atoms with van der Waals surface area (Å²) in [6.45, 7) is 4.63. The molecule has 0 aliphatic carbocycles. The van der Waals surface area contributed by atoms with Gasteiger partial charge in [0.1, 0.15) is 11.6 Å². The van der Waals surface area contributed by atoms with Gasteiger partial charge in [-0.1, -0.05) is 0 Å². The molecule has 2 aliphatic heterocycles. The Morgan fingerprint density at radius 3 is 2.88 bits per heavy atom. The SMILES string of the molecule is Fc1ccc(OCC2CCC3(c4ccc(Br)cn4)CNCCN3C2)cc1. The summed E-state index contributed by atoms with van der Waals surface area (Å²) in [5, 5.41) is 3.56. The Morgan fingerprint density at radius 1 is 1.27 bits per heavy atom. The summed E-state index contributed by atoms with van der Waals surface area (Å²) in [6, 6.07) is 10.5. The summed E-state index contributed by atoms with van der Waals surface area (Å²) in [5.74, 6) is 0.975. The second-order valence-electron chi connectivity index (χ2n) is 7.19. The molecule has 0 bridgehead atoms. The number of nitrogens with zero attached hydrogens (tertiary/aromatic N) is 2. The van der Waals surface area contributed by atoms with Crippen LogP contribution in [0.4, 0.5) is 4.39 Å². The van der Waals surface area contributed by atoms with Gasteiger partial charge in [0, 0.05) is 42.8 Å². The van der Waals surface area contributed by atoms with Crippen molar-refractivity contribution in [2.75, 3.05) is 32.8 Å². The Hall–Kier alpha value is -1.50. The number of piperidine rings is 1. The predicted octanol–water partition coefficient (Wildman–Crippen LogP) is 3.57. The molecular formula is C20H23BrFN3O. The Balaban J connectivity index is 1.45. The number of fused-ring (bicyclic) bond motifs is 1. The Morgan fingerprint density at radius 2 is 2.12 bits per heavy atom. The van der Waals surface area contributed by atoms with Crippen molar-refractivity contribution in [1.29, 1.82) is 0 Å². The summed E-state index contributed by atoms with van der Waals surface area (Å²) in [5.41, 5.74) is 1.12. The van der Waals surface area contributed by atoms with E-state index in [0.717, 1.165) is 54.9 Å². The number of hydrogen-bond donors (Lipinski definition) is 1. The third-order valence-electron chi connectivity index (χ3n) is 5.53. The van der Waals surface area contributed by atoms with Crippen molar-refractivity contribution in [2.24, 2.45) is 5.92 Å². The first-order valence-electron chi connectivity index (χ1n) is 9.12. The van der Waals surface area contributed by atoms with Gasteiger partial charge in [-0.15, -0.1) is 0 Å². The van der Waals surface area contributed by atoms with E-state index in [1.54, 1.807) is 12.1 Å². The lowest BCUT2D eigenvalue weighted by Gasteiger charge is -2.52. The molecule has 1 aromatic heterocycles. The van der Waals surface area contributed by atoms with Gasteiger partial charge in [-0.2, -0.15) is 0 Å². The fourth-order valence-electron chi connectivity index (χ4n) is 4.11. The van der Waals surface area contributed by atoms with E-state index in [1.165, 1.54) is 12.1 Å². The minimum absolute atomic E-state index is 0.0225. The van der Waals surface area contributed by atoms with Gasteiger partial charge < -0.3 is 10.1 Å². The molecule has 2 aliphatic rings. The van der Waals surface area contributed by atoms with Crippen LogP contribution < -0.4 is 10.1 Å². The zero-order chi connectivity index (χ0) is 18.0. The number of aromatic nitrogens is 1. The summed E-state index contributed by atoms with van der Waals surface area (Å²) in [6.07, 6.45) is 4.05. The Labute approximate surface area is 161 Å². The molecular weight excluding hydrogens is 397 g/mol. The van der Waals surface area contributed by atoms with E-state index in [0.29, 0.717) is 12.5 Å². The van der Waals surface area contributed by atoms with Gasteiger partial charge in [0.2, 0.25) is 0 Å². The molecule has 1 aromatic carbocycles. The first-order chi connectivity index (χ1) is 12.7. The molecule has 3 heterocycles. The van der Waals surface area contributed by atoms with Crippen LogP contribution in [-0.4, -0.2) is 42.7 Å². The lowest BCUT2D eigenvalue weighted by Crippen LogP contribution is -2.62. The number of ether oxygens (including phenoxy) is 1. The molecule has 2 saturated heterocycles. The van der Waals surface area contributed by atoms with Gasteiger partial charge in [0.25, 0.3) is 0 Å².